The highest BCUT2D eigenvalue weighted by atomic mass is 32.2. The van der Waals surface area contributed by atoms with Gasteiger partial charge in [-0.15, -0.1) is 0 Å². The van der Waals surface area contributed by atoms with Gasteiger partial charge >= 0.3 is 6.03 Å². The minimum absolute atomic E-state index is 0.0520. The van der Waals surface area contributed by atoms with E-state index in [1.165, 1.54) is 38.1 Å². The molecular formula is C25H29F2N3O4S. The lowest BCUT2D eigenvalue weighted by Crippen LogP contribution is -2.49. The highest BCUT2D eigenvalue weighted by Crippen LogP contribution is 2.43. The summed E-state index contributed by atoms with van der Waals surface area (Å²) in [5.74, 6) is -1.16. The van der Waals surface area contributed by atoms with Crippen molar-refractivity contribution in [3.8, 4) is 0 Å². The molecule has 2 N–H and O–H groups in total. The Labute approximate surface area is 203 Å². The summed E-state index contributed by atoms with van der Waals surface area (Å²) < 4.78 is 54.0. The van der Waals surface area contributed by atoms with E-state index in [1.807, 2.05) is 0 Å². The van der Waals surface area contributed by atoms with Gasteiger partial charge in [0.05, 0.1) is 10.9 Å². The highest BCUT2D eigenvalue weighted by Gasteiger charge is 2.41. The molecule has 7 nitrogen and oxygen atoms in total. The van der Waals surface area contributed by atoms with Crippen molar-refractivity contribution < 1.29 is 26.8 Å². The van der Waals surface area contributed by atoms with Crippen molar-refractivity contribution in [1.29, 1.82) is 0 Å². The maximum Gasteiger partial charge on any atom is 0.317 e. The van der Waals surface area contributed by atoms with E-state index in [-0.39, 0.29) is 29.5 Å². The fraction of sp³-hybridized carbons (Fsp3) is 0.440. The molecule has 1 aliphatic carbocycles. The number of likely N-dealkylation sites (tertiary alicyclic amines) is 1. The van der Waals surface area contributed by atoms with Crippen molar-refractivity contribution in [2.45, 2.75) is 51.3 Å². The molecule has 1 aliphatic heterocycles. The Balaban J connectivity index is 1.34. The first kappa shape index (κ1) is 25.1. The van der Waals surface area contributed by atoms with Gasteiger partial charge in [-0.2, -0.15) is 0 Å². The minimum atomic E-state index is -3.71. The van der Waals surface area contributed by atoms with E-state index < -0.39 is 26.9 Å². The van der Waals surface area contributed by atoms with Gasteiger partial charge in [0.25, 0.3) is 0 Å². The number of piperidine rings is 1. The number of amides is 2. The second kappa shape index (κ2) is 9.56. The summed E-state index contributed by atoms with van der Waals surface area (Å²) in [5, 5.41) is 2.08. The zero-order valence-corrected chi connectivity index (χ0v) is 20.6. The monoisotopic (exact) mass is 505 g/mol. The molecule has 1 spiro atoms. The van der Waals surface area contributed by atoms with Crippen LogP contribution in [-0.2, 0) is 23.0 Å². The molecule has 4 rings (SSSR count). The number of anilines is 1. The first-order valence-electron chi connectivity index (χ1n) is 11.6. The van der Waals surface area contributed by atoms with Crippen LogP contribution in [0.4, 0.5) is 19.3 Å². The Hall–Kier alpha value is -3.01. The molecule has 1 fully saturated rings. The summed E-state index contributed by atoms with van der Waals surface area (Å²) in [7, 11) is -3.71. The maximum atomic E-state index is 14.1. The van der Waals surface area contributed by atoms with E-state index in [0.717, 1.165) is 11.6 Å². The number of benzene rings is 2. The van der Waals surface area contributed by atoms with E-state index in [4.69, 9.17) is 0 Å². The van der Waals surface area contributed by atoms with Crippen molar-refractivity contribution in [3.05, 3.63) is 64.7 Å². The summed E-state index contributed by atoms with van der Waals surface area (Å²) in [6, 6.07) is 8.10. The molecule has 35 heavy (non-hydrogen) atoms. The third kappa shape index (κ3) is 5.47. The normalized spacial score (nSPS) is 17.4. The van der Waals surface area contributed by atoms with Crippen LogP contribution in [0.3, 0.4) is 0 Å². The molecule has 1 heterocycles. The Bertz CT molecular complexity index is 1260. The van der Waals surface area contributed by atoms with Gasteiger partial charge in [-0.05, 0) is 73.9 Å². The van der Waals surface area contributed by atoms with Crippen LogP contribution in [0.15, 0.2) is 36.4 Å². The topological polar surface area (TPSA) is 95.6 Å². The highest BCUT2D eigenvalue weighted by molar-refractivity contribution is 7.93. The number of carbonyl (C=O) groups excluding carboxylic acids is 2. The molecule has 0 bridgehead atoms. The van der Waals surface area contributed by atoms with E-state index in [0.29, 0.717) is 49.9 Å². The lowest BCUT2D eigenvalue weighted by Gasteiger charge is -2.44. The van der Waals surface area contributed by atoms with E-state index in [9.17, 15) is 26.8 Å². The molecule has 2 aromatic rings. The molecule has 2 aliphatic rings. The van der Waals surface area contributed by atoms with Crippen molar-refractivity contribution in [1.82, 2.24) is 10.2 Å². The van der Waals surface area contributed by atoms with E-state index in [1.54, 1.807) is 11.0 Å². The fourth-order valence-corrected chi connectivity index (χ4v) is 5.42. The average Bonchev–Trinajstić information content (AvgIpc) is 2.80. The predicted molar refractivity (Wildman–Crippen MR) is 129 cm³/mol. The molecule has 1 saturated heterocycles. The zero-order chi connectivity index (χ0) is 25.4. The Kier molecular flexibility index (Phi) is 6.86. The number of ketones is 1. The van der Waals surface area contributed by atoms with Gasteiger partial charge in [-0.25, -0.2) is 22.0 Å². The average molecular weight is 506 g/mol. The van der Waals surface area contributed by atoms with Gasteiger partial charge in [0.15, 0.2) is 5.78 Å². The molecule has 0 unspecified atom stereocenters. The van der Waals surface area contributed by atoms with Crippen LogP contribution in [-0.4, -0.2) is 43.5 Å². The smallest absolute Gasteiger partial charge is 0.317 e. The van der Waals surface area contributed by atoms with Crippen molar-refractivity contribution in [3.63, 3.8) is 0 Å². The molecule has 0 atom stereocenters. The summed E-state index contributed by atoms with van der Waals surface area (Å²) in [6.07, 6.45) is 2.37. The number of hydrogen-bond donors (Lipinski definition) is 2. The summed E-state index contributed by atoms with van der Waals surface area (Å²) in [5.41, 5.74) is 1.49. The number of nitrogens with one attached hydrogen (secondary N) is 2. The van der Waals surface area contributed by atoms with Crippen molar-refractivity contribution in [2.75, 3.05) is 17.8 Å². The lowest BCUT2D eigenvalue weighted by atomic mass is 9.66. The van der Waals surface area contributed by atoms with E-state index in [2.05, 4.69) is 10.0 Å². The van der Waals surface area contributed by atoms with E-state index >= 15 is 0 Å². The summed E-state index contributed by atoms with van der Waals surface area (Å²) in [6.45, 7) is 4.06. The Morgan fingerprint density at radius 3 is 2.49 bits per heavy atom. The largest absolute Gasteiger partial charge is 0.334 e. The SMILES string of the molecule is CC(C)S(=O)(=O)Nc1cc(CNC(=O)N2CCC3(CC2)CC(=O)c2cc(F)ccc2C3)ccc1F. The van der Waals surface area contributed by atoms with Gasteiger partial charge in [0.2, 0.25) is 10.0 Å². The molecule has 0 aromatic heterocycles. The number of sulfonamides is 1. The van der Waals surface area contributed by atoms with Gasteiger partial charge in [-0.1, -0.05) is 12.1 Å². The van der Waals surface area contributed by atoms with Crippen LogP contribution in [0.5, 0.6) is 0 Å². The quantitative estimate of drug-likeness (QED) is 0.636. The van der Waals surface area contributed by atoms with Crippen molar-refractivity contribution >= 4 is 27.5 Å². The van der Waals surface area contributed by atoms with Crippen LogP contribution in [0.2, 0.25) is 0 Å². The molecule has 0 saturated carbocycles. The van der Waals surface area contributed by atoms with Crippen molar-refractivity contribution in [2.24, 2.45) is 5.41 Å². The standard InChI is InChI=1S/C25H29F2N3O4S/c1-16(2)35(33,34)29-22-11-17(3-6-21(22)27)15-28-24(32)30-9-7-25(8-10-30)13-18-4-5-19(26)12-20(18)23(31)14-25/h3-6,11-12,16,29H,7-10,13-15H2,1-2H3,(H,28,32). The fourth-order valence-electron chi connectivity index (χ4n) is 4.72. The maximum absolute atomic E-state index is 14.1. The van der Waals surface area contributed by atoms with Crippen LogP contribution in [0.25, 0.3) is 0 Å². The summed E-state index contributed by atoms with van der Waals surface area (Å²) in [4.78, 5) is 27.0. The number of halogens is 2. The number of carbonyl (C=O) groups is 2. The van der Waals surface area contributed by atoms with Gasteiger partial charge in [-0.3, -0.25) is 9.52 Å². The molecule has 2 aromatic carbocycles. The summed E-state index contributed by atoms with van der Waals surface area (Å²) >= 11 is 0. The molecule has 2 amide bonds. The number of rotatable bonds is 5. The Morgan fingerprint density at radius 2 is 1.80 bits per heavy atom. The second-order valence-electron chi connectivity index (χ2n) is 9.73. The predicted octanol–water partition coefficient (Wildman–Crippen LogP) is 4.24. The third-order valence-electron chi connectivity index (χ3n) is 6.93. The number of nitrogens with zero attached hydrogens (tertiary/aromatic N) is 1. The number of Topliss-reactive ketones (excluding diaryl/α,β-unsaturated/α-hetero) is 1. The first-order valence-corrected chi connectivity index (χ1v) is 13.2. The molecule has 0 radical (unpaired) electrons. The van der Waals surface area contributed by atoms with Gasteiger partial charge < -0.3 is 10.2 Å². The molecule has 188 valence electrons. The minimum Gasteiger partial charge on any atom is -0.334 e. The van der Waals surface area contributed by atoms with Crippen LogP contribution in [0, 0.1) is 17.0 Å². The zero-order valence-electron chi connectivity index (χ0n) is 19.7. The van der Waals surface area contributed by atoms with Crippen LogP contribution >= 0.6 is 0 Å². The second-order valence-corrected chi connectivity index (χ2v) is 12.0. The van der Waals surface area contributed by atoms with Crippen LogP contribution in [0.1, 0.15) is 54.6 Å². The first-order chi connectivity index (χ1) is 16.5. The third-order valence-corrected chi connectivity index (χ3v) is 8.68. The Morgan fingerprint density at radius 1 is 1.09 bits per heavy atom. The lowest BCUT2D eigenvalue weighted by molar-refractivity contribution is 0.0735. The van der Waals surface area contributed by atoms with Crippen LogP contribution < -0.4 is 10.0 Å². The molecular weight excluding hydrogens is 476 g/mol. The van der Waals surface area contributed by atoms with Gasteiger partial charge in [0, 0.05) is 31.6 Å². The number of hydrogen-bond acceptors (Lipinski definition) is 4. The number of urea groups is 1. The molecule has 10 heteroatoms. The number of fused-ring (bicyclic) bond motifs is 1. The van der Waals surface area contributed by atoms with Gasteiger partial charge in [0.1, 0.15) is 11.6 Å².